The molecule has 0 radical (unpaired) electrons. The maximum Gasteiger partial charge on any atom is 0.342 e. The summed E-state index contributed by atoms with van der Waals surface area (Å²) in [5.74, 6) is 0.370. The fourth-order valence-electron chi connectivity index (χ4n) is 0.238. The highest BCUT2D eigenvalue weighted by atomic mass is 16.2. The van der Waals surface area contributed by atoms with Gasteiger partial charge in [-0.1, -0.05) is 0 Å². The van der Waals surface area contributed by atoms with Crippen molar-refractivity contribution >= 4 is 18.6 Å². The lowest BCUT2D eigenvalue weighted by Crippen LogP contribution is -2.13. The Bertz CT molecular complexity index is 150. The number of nitrogens with one attached hydrogen (secondary N) is 1. The van der Waals surface area contributed by atoms with Gasteiger partial charge in [0.1, 0.15) is 5.84 Å². The van der Waals surface area contributed by atoms with Crippen molar-refractivity contribution in [3.8, 4) is 0 Å². The van der Waals surface area contributed by atoms with Crippen LogP contribution >= 0.6 is 0 Å². The third-order valence-corrected chi connectivity index (χ3v) is 0.706. The van der Waals surface area contributed by atoms with E-state index in [4.69, 9.17) is 0 Å². The van der Waals surface area contributed by atoms with Crippen LogP contribution in [0.15, 0.2) is 9.98 Å². The number of hydrogen-bond acceptors (Lipinski definition) is 1. The van der Waals surface area contributed by atoms with Crippen LogP contribution in [-0.2, 0) is 0 Å². The smallest absolute Gasteiger partial charge is 0.339 e. The van der Waals surface area contributed by atoms with E-state index in [0.717, 1.165) is 0 Å². The molecule has 0 aromatic carbocycles. The Morgan fingerprint density at radius 2 is 2.22 bits per heavy atom. The van der Waals surface area contributed by atoms with E-state index in [-0.39, 0.29) is 0 Å². The number of urea groups is 1. The fourth-order valence-corrected chi connectivity index (χ4v) is 0.238. The molecule has 0 bridgehead atoms. The minimum absolute atomic E-state index is 0.370. The molecule has 0 saturated heterocycles. The number of rotatable bonds is 0. The molecular formula is C5H9N3O. The van der Waals surface area contributed by atoms with E-state index in [2.05, 4.69) is 22.0 Å². The van der Waals surface area contributed by atoms with Crippen LogP contribution in [0.25, 0.3) is 0 Å². The Morgan fingerprint density at radius 1 is 1.67 bits per heavy atom. The molecular weight excluding hydrogens is 118 g/mol. The second kappa shape index (κ2) is 3.77. The first-order valence-electron chi connectivity index (χ1n) is 2.44. The number of aliphatic imine (C=N–C) groups is 2. The molecule has 0 aliphatic heterocycles. The monoisotopic (exact) mass is 127 g/mol. The molecule has 4 nitrogen and oxygen atoms in total. The second-order valence-electron chi connectivity index (χ2n) is 1.37. The van der Waals surface area contributed by atoms with Gasteiger partial charge in [0.05, 0.1) is 0 Å². The summed E-state index contributed by atoms with van der Waals surface area (Å²) < 4.78 is 0. The maximum absolute atomic E-state index is 10.4. The van der Waals surface area contributed by atoms with Gasteiger partial charge in [-0.05, 0) is 13.6 Å². The van der Waals surface area contributed by atoms with Crippen LogP contribution in [0.1, 0.15) is 6.92 Å². The zero-order valence-corrected chi connectivity index (χ0v) is 5.51. The first-order valence-corrected chi connectivity index (χ1v) is 2.44. The molecule has 0 unspecified atom stereocenters. The largest absolute Gasteiger partial charge is 0.342 e. The Morgan fingerprint density at radius 3 is 2.56 bits per heavy atom. The zero-order chi connectivity index (χ0) is 7.28. The SMILES string of the molecule is C=NC(C)=NC(=O)NC. The van der Waals surface area contributed by atoms with E-state index in [1.165, 1.54) is 7.05 Å². The highest BCUT2D eigenvalue weighted by molar-refractivity contribution is 5.94. The molecule has 4 heteroatoms. The standard InChI is InChI=1S/C5H9N3O/c1-4(6-2)8-5(9)7-3/h2H2,1,3H3,(H,7,9). The molecule has 0 aliphatic carbocycles. The number of hydrogen-bond donors (Lipinski definition) is 1. The Balaban J connectivity index is 3.94. The molecule has 0 aromatic rings. The van der Waals surface area contributed by atoms with Gasteiger partial charge >= 0.3 is 6.03 Å². The van der Waals surface area contributed by atoms with Crippen LogP contribution in [0, 0.1) is 0 Å². The molecule has 0 heterocycles. The molecule has 0 saturated carbocycles. The third kappa shape index (κ3) is 3.40. The van der Waals surface area contributed by atoms with E-state index in [1.807, 2.05) is 0 Å². The molecule has 0 spiro atoms. The van der Waals surface area contributed by atoms with Crippen molar-refractivity contribution in [1.82, 2.24) is 5.32 Å². The normalized spacial score (nSPS) is 10.7. The summed E-state index contributed by atoms with van der Waals surface area (Å²) in [6.07, 6.45) is 0. The predicted molar refractivity (Wildman–Crippen MR) is 37.1 cm³/mol. The molecule has 0 aromatic heterocycles. The van der Waals surface area contributed by atoms with Crippen LogP contribution < -0.4 is 5.32 Å². The summed E-state index contributed by atoms with van der Waals surface area (Å²) in [5, 5.41) is 2.32. The summed E-state index contributed by atoms with van der Waals surface area (Å²) in [5.41, 5.74) is 0. The van der Waals surface area contributed by atoms with Crippen LogP contribution in [0.2, 0.25) is 0 Å². The van der Waals surface area contributed by atoms with Crippen molar-refractivity contribution < 1.29 is 4.79 Å². The van der Waals surface area contributed by atoms with Crippen LogP contribution in [0.4, 0.5) is 4.79 Å². The second-order valence-corrected chi connectivity index (χ2v) is 1.37. The number of carbonyl (C=O) groups is 1. The van der Waals surface area contributed by atoms with E-state index >= 15 is 0 Å². The highest BCUT2D eigenvalue weighted by Crippen LogP contribution is 1.78. The lowest BCUT2D eigenvalue weighted by atomic mass is 10.7. The number of carbonyl (C=O) groups excluding carboxylic acids is 1. The third-order valence-electron chi connectivity index (χ3n) is 0.706. The first kappa shape index (κ1) is 7.81. The summed E-state index contributed by atoms with van der Waals surface area (Å²) in [6, 6.07) is -0.403. The number of amidine groups is 1. The summed E-state index contributed by atoms with van der Waals surface area (Å²) in [4.78, 5) is 17.3. The minimum atomic E-state index is -0.403. The first-order chi connectivity index (χ1) is 4.20. The van der Waals surface area contributed by atoms with Crippen molar-refractivity contribution in [3.63, 3.8) is 0 Å². The van der Waals surface area contributed by atoms with Crippen LogP contribution in [0.5, 0.6) is 0 Å². The summed E-state index contributed by atoms with van der Waals surface area (Å²) in [6.45, 7) is 4.79. The van der Waals surface area contributed by atoms with E-state index in [9.17, 15) is 4.79 Å². The Labute approximate surface area is 53.7 Å². The van der Waals surface area contributed by atoms with Crippen LogP contribution in [0.3, 0.4) is 0 Å². The van der Waals surface area contributed by atoms with E-state index in [1.54, 1.807) is 6.92 Å². The maximum atomic E-state index is 10.4. The minimum Gasteiger partial charge on any atom is -0.339 e. The quantitative estimate of drug-likeness (QED) is 0.372. The molecule has 1 N–H and O–H groups in total. The van der Waals surface area contributed by atoms with Gasteiger partial charge in [-0.3, -0.25) is 0 Å². The van der Waals surface area contributed by atoms with E-state index < -0.39 is 6.03 Å². The molecule has 0 fully saturated rings. The van der Waals surface area contributed by atoms with Gasteiger partial charge in [-0.15, -0.1) is 0 Å². The van der Waals surface area contributed by atoms with Crippen molar-refractivity contribution in [2.24, 2.45) is 9.98 Å². The van der Waals surface area contributed by atoms with Crippen molar-refractivity contribution in [3.05, 3.63) is 0 Å². The van der Waals surface area contributed by atoms with Crippen molar-refractivity contribution in [2.45, 2.75) is 6.92 Å². The Hall–Kier alpha value is -1.19. The molecule has 0 rings (SSSR count). The van der Waals surface area contributed by atoms with Crippen molar-refractivity contribution in [1.29, 1.82) is 0 Å². The summed E-state index contributed by atoms with van der Waals surface area (Å²) in [7, 11) is 1.50. The average Bonchev–Trinajstić information content (AvgIpc) is 1.87. The number of nitrogens with zero attached hydrogens (tertiary/aromatic N) is 2. The lowest BCUT2D eigenvalue weighted by molar-refractivity contribution is 0.251. The topological polar surface area (TPSA) is 53.8 Å². The lowest BCUT2D eigenvalue weighted by Gasteiger charge is -1.89. The molecule has 0 atom stereocenters. The van der Waals surface area contributed by atoms with Crippen LogP contribution in [-0.4, -0.2) is 25.6 Å². The summed E-state index contributed by atoms with van der Waals surface area (Å²) >= 11 is 0. The predicted octanol–water partition coefficient (Wildman–Crippen LogP) is 0.445. The van der Waals surface area contributed by atoms with Gasteiger partial charge in [0, 0.05) is 7.05 Å². The van der Waals surface area contributed by atoms with Crippen molar-refractivity contribution in [2.75, 3.05) is 7.05 Å². The van der Waals surface area contributed by atoms with Gasteiger partial charge in [0.15, 0.2) is 0 Å². The Kier molecular flexibility index (Phi) is 3.27. The van der Waals surface area contributed by atoms with Gasteiger partial charge in [-0.2, -0.15) is 4.99 Å². The zero-order valence-electron chi connectivity index (χ0n) is 5.51. The molecule has 9 heavy (non-hydrogen) atoms. The van der Waals surface area contributed by atoms with Gasteiger partial charge in [0.2, 0.25) is 0 Å². The van der Waals surface area contributed by atoms with E-state index in [0.29, 0.717) is 5.84 Å². The van der Waals surface area contributed by atoms with Gasteiger partial charge < -0.3 is 5.32 Å². The fraction of sp³-hybridized carbons (Fsp3) is 0.400. The van der Waals surface area contributed by atoms with Gasteiger partial charge in [0.25, 0.3) is 0 Å². The highest BCUT2D eigenvalue weighted by Gasteiger charge is 1.90. The number of amides is 2. The average molecular weight is 127 g/mol. The van der Waals surface area contributed by atoms with Gasteiger partial charge in [-0.25, -0.2) is 9.79 Å². The molecule has 0 aliphatic rings. The molecule has 50 valence electrons. The molecule has 2 amide bonds.